The zero-order valence-electron chi connectivity index (χ0n) is 18.8. The van der Waals surface area contributed by atoms with Crippen molar-refractivity contribution in [1.82, 2.24) is 0 Å². The van der Waals surface area contributed by atoms with Crippen LogP contribution in [0.1, 0.15) is 23.2 Å². The lowest BCUT2D eigenvalue weighted by atomic mass is 9.85. The summed E-state index contributed by atoms with van der Waals surface area (Å²) in [5.74, 6) is -1.39. The Hall–Kier alpha value is -4.14. The first-order valence-electron chi connectivity index (χ1n) is 10.7. The fourth-order valence-electron chi connectivity index (χ4n) is 4.10. The Labute approximate surface area is 196 Å². The van der Waals surface area contributed by atoms with Crippen LogP contribution in [0.25, 0.3) is 0 Å². The number of nitrogens with one attached hydrogen (secondary N) is 1. The van der Waals surface area contributed by atoms with Crippen molar-refractivity contribution in [3.8, 4) is 11.5 Å². The van der Waals surface area contributed by atoms with Crippen molar-refractivity contribution in [3.05, 3.63) is 60.2 Å². The van der Waals surface area contributed by atoms with Crippen molar-refractivity contribution in [2.24, 2.45) is 11.8 Å². The summed E-state index contributed by atoms with van der Waals surface area (Å²) < 4.78 is 15.4. The largest absolute Gasteiger partial charge is 0.497 e. The van der Waals surface area contributed by atoms with E-state index >= 15 is 0 Å². The molecule has 0 radical (unpaired) electrons. The first-order chi connectivity index (χ1) is 16.4. The van der Waals surface area contributed by atoms with Crippen LogP contribution in [0.15, 0.2) is 54.6 Å². The third-order valence-electron chi connectivity index (χ3n) is 5.89. The summed E-state index contributed by atoms with van der Waals surface area (Å²) in [7, 11) is 2.98. The highest BCUT2D eigenvalue weighted by atomic mass is 16.5. The van der Waals surface area contributed by atoms with Gasteiger partial charge in [0.25, 0.3) is 5.91 Å². The number of anilines is 2. The van der Waals surface area contributed by atoms with E-state index in [9.17, 15) is 19.2 Å². The predicted octanol–water partition coefficient (Wildman–Crippen LogP) is 2.95. The number of imide groups is 1. The molecule has 9 heteroatoms. The second kappa shape index (κ2) is 9.78. The van der Waals surface area contributed by atoms with Crippen LogP contribution in [0.4, 0.5) is 11.4 Å². The van der Waals surface area contributed by atoms with Crippen LogP contribution in [-0.4, -0.2) is 44.5 Å². The first-order valence-corrected chi connectivity index (χ1v) is 10.7. The van der Waals surface area contributed by atoms with Crippen molar-refractivity contribution in [1.29, 1.82) is 0 Å². The van der Waals surface area contributed by atoms with Crippen LogP contribution < -0.4 is 19.7 Å². The molecule has 2 aromatic carbocycles. The van der Waals surface area contributed by atoms with Gasteiger partial charge in [0.2, 0.25) is 11.8 Å². The standard InChI is InChI=1S/C25H24N2O7/c1-32-17-11-12-20(21(13-17)33-2)26-22(28)14-34-25(31)15-7-9-16(10-8-15)27-23(29)18-5-3-4-6-19(18)24(27)30/h3-4,7-13,18-19H,5-6,14H2,1-2H3,(H,26,28)/t18-,19-/m0/s1. The lowest BCUT2D eigenvalue weighted by Crippen LogP contribution is -2.30. The number of methoxy groups -OCH3 is 2. The van der Waals surface area contributed by atoms with Crippen molar-refractivity contribution < 1.29 is 33.4 Å². The van der Waals surface area contributed by atoms with Gasteiger partial charge in [-0.1, -0.05) is 12.2 Å². The Bertz CT molecular complexity index is 1130. The molecule has 2 atom stereocenters. The van der Waals surface area contributed by atoms with Crippen LogP contribution in [0, 0.1) is 11.8 Å². The maximum absolute atomic E-state index is 12.7. The molecule has 1 heterocycles. The highest BCUT2D eigenvalue weighted by Crippen LogP contribution is 2.37. The summed E-state index contributed by atoms with van der Waals surface area (Å²) in [5, 5.41) is 2.62. The van der Waals surface area contributed by atoms with E-state index in [0.717, 1.165) is 0 Å². The first kappa shape index (κ1) is 23.0. The summed E-state index contributed by atoms with van der Waals surface area (Å²) in [6, 6.07) is 10.9. The lowest BCUT2D eigenvalue weighted by molar-refractivity contribution is -0.122. The average Bonchev–Trinajstić information content (AvgIpc) is 3.12. The van der Waals surface area contributed by atoms with Gasteiger partial charge in [0.05, 0.1) is 43.0 Å². The smallest absolute Gasteiger partial charge is 0.338 e. The molecule has 4 rings (SSSR count). The van der Waals surface area contributed by atoms with Gasteiger partial charge in [-0.3, -0.25) is 19.3 Å². The lowest BCUT2D eigenvalue weighted by Gasteiger charge is -2.15. The summed E-state index contributed by atoms with van der Waals surface area (Å²) >= 11 is 0. The van der Waals surface area contributed by atoms with E-state index in [4.69, 9.17) is 14.2 Å². The number of rotatable bonds is 7. The molecule has 0 saturated carbocycles. The summed E-state index contributed by atoms with van der Waals surface area (Å²) in [4.78, 5) is 51.2. The number of carbonyl (C=O) groups excluding carboxylic acids is 4. The molecule has 2 aliphatic rings. The van der Waals surface area contributed by atoms with Gasteiger partial charge >= 0.3 is 5.97 Å². The van der Waals surface area contributed by atoms with E-state index in [1.165, 1.54) is 43.4 Å². The number of hydrogen-bond acceptors (Lipinski definition) is 7. The van der Waals surface area contributed by atoms with Crippen molar-refractivity contribution in [2.75, 3.05) is 31.0 Å². The van der Waals surface area contributed by atoms with Gasteiger partial charge in [-0.05, 0) is 49.2 Å². The number of carbonyl (C=O) groups is 4. The number of amides is 3. The quantitative estimate of drug-likeness (QED) is 0.381. The predicted molar refractivity (Wildman–Crippen MR) is 123 cm³/mol. The fraction of sp³-hybridized carbons (Fsp3) is 0.280. The molecule has 176 valence electrons. The molecule has 0 unspecified atom stereocenters. The van der Waals surface area contributed by atoms with Gasteiger partial charge in [-0.2, -0.15) is 0 Å². The topological polar surface area (TPSA) is 111 Å². The van der Waals surface area contributed by atoms with Crippen LogP contribution in [0.5, 0.6) is 11.5 Å². The minimum absolute atomic E-state index is 0.191. The zero-order valence-corrected chi connectivity index (χ0v) is 18.8. The molecule has 2 aromatic rings. The maximum Gasteiger partial charge on any atom is 0.338 e. The number of ether oxygens (including phenoxy) is 3. The molecule has 1 saturated heterocycles. The van der Waals surface area contributed by atoms with Crippen LogP contribution in [0.2, 0.25) is 0 Å². The van der Waals surface area contributed by atoms with E-state index in [2.05, 4.69) is 5.32 Å². The monoisotopic (exact) mass is 464 g/mol. The van der Waals surface area contributed by atoms with Gasteiger partial charge in [0.1, 0.15) is 11.5 Å². The van der Waals surface area contributed by atoms with E-state index < -0.39 is 18.5 Å². The molecule has 9 nitrogen and oxygen atoms in total. The third kappa shape index (κ3) is 4.50. The van der Waals surface area contributed by atoms with E-state index in [0.29, 0.717) is 35.7 Å². The Balaban J connectivity index is 1.35. The highest BCUT2D eigenvalue weighted by Gasteiger charge is 2.47. The van der Waals surface area contributed by atoms with Crippen molar-refractivity contribution in [2.45, 2.75) is 12.8 Å². The maximum atomic E-state index is 12.7. The molecule has 0 spiro atoms. The Morgan fingerprint density at radius 2 is 1.59 bits per heavy atom. The molecular formula is C25H24N2O7. The molecule has 0 bridgehead atoms. The molecule has 1 aliphatic carbocycles. The van der Waals surface area contributed by atoms with Crippen molar-refractivity contribution >= 4 is 35.1 Å². The molecule has 34 heavy (non-hydrogen) atoms. The minimum Gasteiger partial charge on any atom is -0.497 e. The third-order valence-corrected chi connectivity index (χ3v) is 5.89. The summed E-state index contributed by atoms with van der Waals surface area (Å²) in [6.07, 6.45) is 4.97. The average molecular weight is 464 g/mol. The second-order valence-corrected chi connectivity index (χ2v) is 7.91. The van der Waals surface area contributed by atoms with Crippen molar-refractivity contribution in [3.63, 3.8) is 0 Å². The fourth-order valence-corrected chi connectivity index (χ4v) is 4.10. The summed E-state index contributed by atoms with van der Waals surface area (Å²) in [6.45, 7) is -0.505. The number of fused-ring (bicyclic) bond motifs is 1. The molecule has 1 N–H and O–H groups in total. The number of allylic oxidation sites excluding steroid dienone is 2. The van der Waals surface area contributed by atoms with Gasteiger partial charge in [-0.25, -0.2) is 4.79 Å². The Kier molecular flexibility index (Phi) is 6.62. The number of benzene rings is 2. The van der Waals surface area contributed by atoms with Gasteiger partial charge in [0, 0.05) is 6.07 Å². The van der Waals surface area contributed by atoms with E-state index in [-0.39, 0.29) is 29.2 Å². The number of hydrogen-bond donors (Lipinski definition) is 1. The second-order valence-electron chi connectivity index (χ2n) is 7.91. The molecule has 0 aromatic heterocycles. The normalized spacial score (nSPS) is 18.9. The molecular weight excluding hydrogens is 440 g/mol. The highest BCUT2D eigenvalue weighted by molar-refractivity contribution is 6.22. The van der Waals surface area contributed by atoms with Crippen LogP contribution in [0.3, 0.4) is 0 Å². The van der Waals surface area contributed by atoms with Gasteiger partial charge in [0.15, 0.2) is 6.61 Å². The number of esters is 1. The molecule has 1 aliphatic heterocycles. The zero-order chi connectivity index (χ0) is 24.2. The van der Waals surface area contributed by atoms with E-state index in [1.807, 2.05) is 12.2 Å². The Morgan fingerprint density at radius 3 is 2.18 bits per heavy atom. The van der Waals surface area contributed by atoms with E-state index in [1.54, 1.807) is 18.2 Å². The van der Waals surface area contributed by atoms with Crippen LogP contribution >= 0.6 is 0 Å². The summed E-state index contributed by atoms with van der Waals surface area (Å²) in [5.41, 5.74) is 1.01. The SMILES string of the molecule is COc1ccc(NC(=O)COC(=O)c2ccc(N3C(=O)[C@H]4CC=CC[C@@H]4C3=O)cc2)c(OC)c1. The van der Waals surface area contributed by atoms with Gasteiger partial charge in [-0.15, -0.1) is 0 Å². The van der Waals surface area contributed by atoms with Gasteiger partial charge < -0.3 is 19.5 Å². The minimum atomic E-state index is -0.708. The Morgan fingerprint density at radius 1 is 0.941 bits per heavy atom. The molecule has 1 fully saturated rings. The number of nitrogens with zero attached hydrogens (tertiary/aromatic N) is 1. The molecule has 3 amide bonds. The van der Waals surface area contributed by atoms with Crippen LogP contribution in [-0.2, 0) is 19.1 Å².